The van der Waals surface area contributed by atoms with Crippen molar-refractivity contribution in [3.8, 4) is 5.75 Å². The van der Waals surface area contributed by atoms with Crippen LogP contribution < -0.4 is 10.1 Å². The molecule has 1 aromatic heterocycles. The molecule has 1 unspecified atom stereocenters. The fourth-order valence-electron chi connectivity index (χ4n) is 3.47. The van der Waals surface area contributed by atoms with E-state index >= 15 is 0 Å². The van der Waals surface area contributed by atoms with E-state index in [0.717, 1.165) is 36.1 Å². The number of carbonyl (C=O) groups is 2. The number of hydrogen-bond donors (Lipinski definition) is 1. The summed E-state index contributed by atoms with van der Waals surface area (Å²) in [7, 11) is 0. The van der Waals surface area contributed by atoms with Gasteiger partial charge in [0.15, 0.2) is 5.76 Å². The molecule has 150 valence electrons. The van der Waals surface area contributed by atoms with Crippen LogP contribution in [0, 0.1) is 6.92 Å². The van der Waals surface area contributed by atoms with Gasteiger partial charge in [0.2, 0.25) is 5.91 Å². The number of likely N-dealkylation sites (tertiary alicyclic amines) is 1. The number of ether oxygens (including phenoxy) is 1. The number of amides is 2. The fourth-order valence-corrected chi connectivity index (χ4v) is 3.47. The quantitative estimate of drug-likeness (QED) is 0.790. The van der Waals surface area contributed by atoms with Gasteiger partial charge in [0.25, 0.3) is 5.91 Å². The lowest BCUT2D eigenvalue weighted by atomic mass is 10.0. The van der Waals surface area contributed by atoms with E-state index < -0.39 is 6.04 Å². The second kappa shape index (κ2) is 9.44. The monoisotopic (exact) mass is 384 g/mol. The summed E-state index contributed by atoms with van der Waals surface area (Å²) in [5.74, 6) is 0.777. The summed E-state index contributed by atoms with van der Waals surface area (Å²) in [5.41, 5.74) is 2.11. The molecule has 0 saturated carbocycles. The first-order valence-corrected chi connectivity index (χ1v) is 9.94. The van der Waals surface area contributed by atoms with E-state index in [0.29, 0.717) is 26.1 Å². The molecule has 28 heavy (non-hydrogen) atoms. The first kappa shape index (κ1) is 20.0. The van der Waals surface area contributed by atoms with Crippen LogP contribution in [-0.2, 0) is 11.3 Å². The summed E-state index contributed by atoms with van der Waals surface area (Å²) < 4.78 is 10.9. The van der Waals surface area contributed by atoms with Crippen molar-refractivity contribution in [3.63, 3.8) is 0 Å². The Morgan fingerprint density at radius 1 is 1.29 bits per heavy atom. The Kier molecular flexibility index (Phi) is 6.74. The highest BCUT2D eigenvalue weighted by Crippen LogP contribution is 2.21. The van der Waals surface area contributed by atoms with Gasteiger partial charge >= 0.3 is 0 Å². The molecular weight excluding hydrogens is 356 g/mol. The Hall–Kier alpha value is -2.76. The number of nitrogens with one attached hydrogen (secondary N) is 1. The number of benzene rings is 1. The molecule has 1 N–H and O–H groups in total. The lowest BCUT2D eigenvalue weighted by Crippen LogP contribution is -2.51. The van der Waals surface area contributed by atoms with E-state index in [1.165, 1.54) is 6.26 Å². The number of piperidine rings is 1. The standard InChI is InChI=1S/C22H28N2O4/c1-3-12-27-18-10-9-17(16(2)14-18)15-23-21(25)19-7-4-5-11-24(19)22(26)20-8-6-13-28-20/h6,8-10,13-14,19H,3-5,7,11-12,15H2,1-2H3,(H,23,25). The van der Waals surface area contributed by atoms with E-state index in [2.05, 4.69) is 12.2 Å². The number of rotatable bonds is 7. The summed E-state index contributed by atoms with van der Waals surface area (Å²) in [4.78, 5) is 27.1. The number of carbonyl (C=O) groups excluding carboxylic acids is 2. The van der Waals surface area contributed by atoms with Gasteiger partial charge in [0.1, 0.15) is 11.8 Å². The van der Waals surface area contributed by atoms with Gasteiger partial charge in [-0.2, -0.15) is 0 Å². The Labute approximate surface area is 165 Å². The smallest absolute Gasteiger partial charge is 0.290 e. The number of nitrogens with zero attached hydrogens (tertiary/aromatic N) is 1. The minimum absolute atomic E-state index is 0.120. The molecule has 2 amide bonds. The number of furan rings is 1. The van der Waals surface area contributed by atoms with Crippen molar-refractivity contribution >= 4 is 11.8 Å². The van der Waals surface area contributed by atoms with Gasteiger partial charge in [0.05, 0.1) is 12.9 Å². The van der Waals surface area contributed by atoms with Crippen LogP contribution in [0.4, 0.5) is 0 Å². The van der Waals surface area contributed by atoms with E-state index in [9.17, 15) is 9.59 Å². The second-order valence-corrected chi connectivity index (χ2v) is 7.14. The average molecular weight is 384 g/mol. The van der Waals surface area contributed by atoms with Crippen molar-refractivity contribution in [3.05, 3.63) is 53.5 Å². The molecule has 1 aliphatic rings. The molecule has 2 heterocycles. The molecule has 1 aliphatic heterocycles. The van der Waals surface area contributed by atoms with Crippen molar-refractivity contribution in [2.75, 3.05) is 13.2 Å². The highest BCUT2D eigenvalue weighted by Gasteiger charge is 2.33. The number of hydrogen-bond acceptors (Lipinski definition) is 4. The van der Waals surface area contributed by atoms with Crippen LogP contribution in [0.5, 0.6) is 5.75 Å². The zero-order chi connectivity index (χ0) is 19.9. The van der Waals surface area contributed by atoms with Crippen molar-refractivity contribution in [2.45, 2.75) is 52.1 Å². The molecule has 2 aromatic rings. The zero-order valence-electron chi connectivity index (χ0n) is 16.6. The summed E-state index contributed by atoms with van der Waals surface area (Å²) in [5, 5.41) is 3.00. The zero-order valence-corrected chi connectivity index (χ0v) is 16.6. The van der Waals surface area contributed by atoms with E-state index in [-0.39, 0.29) is 17.6 Å². The lowest BCUT2D eigenvalue weighted by molar-refractivity contribution is -0.126. The van der Waals surface area contributed by atoms with E-state index in [1.54, 1.807) is 17.0 Å². The lowest BCUT2D eigenvalue weighted by Gasteiger charge is -2.34. The molecule has 0 bridgehead atoms. The van der Waals surface area contributed by atoms with Crippen molar-refractivity contribution in [1.29, 1.82) is 0 Å². The first-order chi connectivity index (χ1) is 13.6. The fraction of sp³-hybridized carbons (Fsp3) is 0.455. The molecule has 1 saturated heterocycles. The third-order valence-corrected chi connectivity index (χ3v) is 5.04. The van der Waals surface area contributed by atoms with Crippen LogP contribution in [0.1, 0.15) is 54.3 Å². The van der Waals surface area contributed by atoms with Crippen LogP contribution >= 0.6 is 0 Å². The highest BCUT2D eigenvalue weighted by atomic mass is 16.5. The molecule has 6 nitrogen and oxygen atoms in total. The molecular formula is C22H28N2O4. The normalized spacial score (nSPS) is 16.6. The SMILES string of the molecule is CCCOc1ccc(CNC(=O)C2CCCCN2C(=O)c2ccco2)c(C)c1. The predicted molar refractivity (Wildman–Crippen MR) is 106 cm³/mol. The summed E-state index contributed by atoms with van der Waals surface area (Å²) in [6.07, 6.45) is 4.94. The average Bonchev–Trinajstić information content (AvgIpc) is 3.25. The van der Waals surface area contributed by atoms with Gasteiger partial charge < -0.3 is 19.4 Å². The highest BCUT2D eigenvalue weighted by molar-refractivity contribution is 5.95. The Morgan fingerprint density at radius 2 is 2.14 bits per heavy atom. The second-order valence-electron chi connectivity index (χ2n) is 7.14. The maximum atomic E-state index is 12.8. The Balaban J connectivity index is 1.62. The minimum Gasteiger partial charge on any atom is -0.494 e. The van der Waals surface area contributed by atoms with Crippen molar-refractivity contribution < 1.29 is 18.7 Å². The molecule has 1 aromatic carbocycles. The summed E-state index contributed by atoms with van der Waals surface area (Å²) >= 11 is 0. The van der Waals surface area contributed by atoms with Gasteiger partial charge in [-0.05, 0) is 68.0 Å². The Morgan fingerprint density at radius 3 is 2.86 bits per heavy atom. The van der Waals surface area contributed by atoms with Gasteiger partial charge in [-0.25, -0.2) is 0 Å². The van der Waals surface area contributed by atoms with E-state index in [1.807, 2.05) is 25.1 Å². The molecule has 0 spiro atoms. The Bertz CT molecular complexity index is 801. The maximum Gasteiger partial charge on any atom is 0.290 e. The number of aryl methyl sites for hydroxylation is 1. The van der Waals surface area contributed by atoms with Gasteiger partial charge in [-0.1, -0.05) is 13.0 Å². The molecule has 0 radical (unpaired) electrons. The summed E-state index contributed by atoms with van der Waals surface area (Å²) in [6.45, 7) is 5.77. The molecule has 6 heteroatoms. The predicted octanol–water partition coefficient (Wildman–Crippen LogP) is 3.69. The topological polar surface area (TPSA) is 71.8 Å². The third-order valence-electron chi connectivity index (χ3n) is 5.04. The molecule has 3 rings (SSSR count). The van der Waals surface area contributed by atoms with Crippen LogP contribution in [0.3, 0.4) is 0 Å². The van der Waals surface area contributed by atoms with Crippen LogP contribution in [0.2, 0.25) is 0 Å². The van der Waals surface area contributed by atoms with Crippen molar-refractivity contribution in [2.24, 2.45) is 0 Å². The third kappa shape index (κ3) is 4.74. The van der Waals surface area contributed by atoms with Crippen LogP contribution in [0.15, 0.2) is 41.0 Å². The maximum absolute atomic E-state index is 12.8. The van der Waals surface area contributed by atoms with Crippen LogP contribution in [-0.4, -0.2) is 35.9 Å². The van der Waals surface area contributed by atoms with Gasteiger partial charge in [-0.3, -0.25) is 9.59 Å². The largest absolute Gasteiger partial charge is 0.494 e. The first-order valence-electron chi connectivity index (χ1n) is 9.94. The minimum atomic E-state index is -0.459. The van der Waals surface area contributed by atoms with Gasteiger partial charge in [-0.15, -0.1) is 0 Å². The van der Waals surface area contributed by atoms with Crippen LogP contribution in [0.25, 0.3) is 0 Å². The van der Waals surface area contributed by atoms with E-state index in [4.69, 9.17) is 9.15 Å². The van der Waals surface area contributed by atoms with Crippen molar-refractivity contribution in [1.82, 2.24) is 10.2 Å². The summed E-state index contributed by atoms with van der Waals surface area (Å²) in [6, 6.07) is 8.76. The molecule has 1 fully saturated rings. The molecule has 1 atom stereocenters. The molecule has 0 aliphatic carbocycles. The van der Waals surface area contributed by atoms with Gasteiger partial charge in [0, 0.05) is 13.1 Å².